The highest BCUT2D eigenvalue weighted by Crippen LogP contribution is 2.30. The van der Waals surface area contributed by atoms with Crippen molar-refractivity contribution in [2.75, 3.05) is 13.1 Å². The molecule has 1 N–H and O–H groups in total. The average Bonchev–Trinajstić information content (AvgIpc) is 2.47. The number of rotatable bonds is 4. The minimum absolute atomic E-state index is 0.0729. The Labute approximate surface area is 136 Å². The van der Waals surface area contributed by atoms with Crippen LogP contribution >= 0.6 is 15.9 Å². The lowest BCUT2D eigenvalue weighted by molar-refractivity contribution is 0.00971. The van der Waals surface area contributed by atoms with Gasteiger partial charge in [0.05, 0.1) is 0 Å². The van der Waals surface area contributed by atoms with Crippen LogP contribution in [0.5, 0.6) is 0 Å². The highest BCUT2D eigenvalue weighted by Gasteiger charge is 2.40. The largest absolute Gasteiger partial charge is 0.308 e. The summed E-state index contributed by atoms with van der Waals surface area (Å²) in [5, 5.41) is 3.68. The van der Waals surface area contributed by atoms with Crippen LogP contribution in [0.3, 0.4) is 0 Å². The summed E-state index contributed by atoms with van der Waals surface area (Å²) in [5.41, 5.74) is 0.949. The van der Waals surface area contributed by atoms with Crippen molar-refractivity contribution in [3.63, 3.8) is 0 Å². The Kier molecular flexibility index (Phi) is 5.11. The standard InChI is InChI=1S/C17H26BrFN2/c1-5-16(3)12-21(17(4,6-2)11-20-16)10-13-9-14(18)7-8-15(13)19/h7-9,20H,5-6,10-12H2,1-4H3. The fourth-order valence-corrected chi connectivity index (χ4v) is 3.29. The van der Waals surface area contributed by atoms with Crippen LogP contribution in [0.2, 0.25) is 0 Å². The number of piperazine rings is 1. The summed E-state index contributed by atoms with van der Waals surface area (Å²) in [6.45, 7) is 11.5. The molecule has 1 heterocycles. The molecule has 2 rings (SSSR count). The molecule has 4 heteroatoms. The van der Waals surface area contributed by atoms with Crippen LogP contribution < -0.4 is 5.32 Å². The summed E-state index contributed by atoms with van der Waals surface area (Å²) in [7, 11) is 0. The predicted molar refractivity (Wildman–Crippen MR) is 89.9 cm³/mol. The van der Waals surface area contributed by atoms with Crippen LogP contribution in [0, 0.1) is 5.82 Å². The molecule has 118 valence electrons. The van der Waals surface area contributed by atoms with Crippen LogP contribution in [0.4, 0.5) is 4.39 Å². The molecule has 2 unspecified atom stereocenters. The highest BCUT2D eigenvalue weighted by atomic mass is 79.9. The zero-order chi connectivity index (χ0) is 15.7. The number of hydrogen-bond donors (Lipinski definition) is 1. The van der Waals surface area contributed by atoms with E-state index in [2.05, 4.69) is 53.8 Å². The molecule has 0 radical (unpaired) electrons. The van der Waals surface area contributed by atoms with Gasteiger partial charge in [0.15, 0.2) is 0 Å². The Morgan fingerprint density at radius 1 is 1.29 bits per heavy atom. The molecule has 1 aromatic rings. The first kappa shape index (κ1) is 16.9. The first-order chi connectivity index (χ1) is 9.82. The van der Waals surface area contributed by atoms with Gasteiger partial charge < -0.3 is 5.32 Å². The maximum Gasteiger partial charge on any atom is 0.127 e. The molecule has 1 saturated heterocycles. The van der Waals surface area contributed by atoms with E-state index in [1.165, 1.54) is 0 Å². The minimum atomic E-state index is -0.117. The third-order valence-electron chi connectivity index (χ3n) is 5.11. The molecule has 1 fully saturated rings. The highest BCUT2D eigenvalue weighted by molar-refractivity contribution is 9.10. The van der Waals surface area contributed by atoms with Gasteiger partial charge in [-0.2, -0.15) is 0 Å². The summed E-state index contributed by atoms with van der Waals surface area (Å²) >= 11 is 3.45. The van der Waals surface area contributed by atoms with E-state index >= 15 is 0 Å². The third kappa shape index (κ3) is 3.66. The van der Waals surface area contributed by atoms with E-state index in [4.69, 9.17) is 0 Å². The van der Waals surface area contributed by atoms with E-state index in [-0.39, 0.29) is 16.9 Å². The maximum absolute atomic E-state index is 14.1. The van der Waals surface area contributed by atoms with Gasteiger partial charge in [0.2, 0.25) is 0 Å². The fraction of sp³-hybridized carbons (Fsp3) is 0.647. The van der Waals surface area contributed by atoms with Gasteiger partial charge in [-0.25, -0.2) is 4.39 Å². The topological polar surface area (TPSA) is 15.3 Å². The van der Waals surface area contributed by atoms with E-state index < -0.39 is 0 Å². The van der Waals surface area contributed by atoms with Gasteiger partial charge in [0.1, 0.15) is 5.82 Å². The monoisotopic (exact) mass is 356 g/mol. The third-order valence-corrected chi connectivity index (χ3v) is 5.60. The van der Waals surface area contributed by atoms with Gasteiger partial charge in [0.25, 0.3) is 0 Å². The summed E-state index contributed by atoms with van der Waals surface area (Å²) < 4.78 is 15.0. The Morgan fingerprint density at radius 2 is 2.00 bits per heavy atom. The first-order valence-electron chi connectivity index (χ1n) is 7.76. The lowest BCUT2D eigenvalue weighted by Gasteiger charge is -2.52. The zero-order valence-corrected chi connectivity index (χ0v) is 15.1. The summed E-state index contributed by atoms with van der Waals surface area (Å²) in [4.78, 5) is 2.44. The molecular formula is C17H26BrFN2. The molecule has 2 nitrogen and oxygen atoms in total. The van der Waals surface area contributed by atoms with Gasteiger partial charge in [-0.05, 0) is 44.9 Å². The van der Waals surface area contributed by atoms with Crippen molar-refractivity contribution in [3.05, 3.63) is 34.1 Å². The molecule has 0 aromatic heterocycles. The van der Waals surface area contributed by atoms with Crippen molar-refractivity contribution in [2.24, 2.45) is 0 Å². The van der Waals surface area contributed by atoms with Crippen molar-refractivity contribution in [3.8, 4) is 0 Å². The Balaban J connectivity index is 2.26. The molecule has 2 atom stereocenters. The van der Waals surface area contributed by atoms with Gasteiger partial charge in [-0.1, -0.05) is 29.8 Å². The normalized spacial score (nSPS) is 30.6. The molecule has 0 bridgehead atoms. The summed E-state index contributed by atoms with van der Waals surface area (Å²) in [6, 6.07) is 5.20. The van der Waals surface area contributed by atoms with E-state index in [1.807, 2.05) is 6.07 Å². The lowest BCUT2D eigenvalue weighted by Crippen LogP contribution is -2.67. The smallest absolute Gasteiger partial charge is 0.127 e. The van der Waals surface area contributed by atoms with Crippen molar-refractivity contribution in [1.29, 1.82) is 0 Å². The second kappa shape index (κ2) is 6.35. The average molecular weight is 357 g/mol. The number of benzene rings is 1. The Morgan fingerprint density at radius 3 is 2.62 bits per heavy atom. The predicted octanol–water partition coefficient (Wildman–Crippen LogP) is 4.33. The molecule has 1 aliphatic rings. The lowest BCUT2D eigenvalue weighted by atomic mass is 9.85. The van der Waals surface area contributed by atoms with E-state index in [0.29, 0.717) is 6.54 Å². The maximum atomic E-state index is 14.1. The summed E-state index contributed by atoms with van der Waals surface area (Å²) in [5.74, 6) is -0.117. The zero-order valence-electron chi connectivity index (χ0n) is 13.5. The van der Waals surface area contributed by atoms with Gasteiger partial charge in [0, 0.05) is 40.7 Å². The van der Waals surface area contributed by atoms with Crippen LogP contribution in [-0.4, -0.2) is 29.1 Å². The molecule has 1 aromatic carbocycles. The van der Waals surface area contributed by atoms with Crippen LogP contribution in [0.25, 0.3) is 0 Å². The van der Waals surface area contributed by atoms with Crippen molar-refractivity contribution in [2.45, 2.75) is 58.2 Å². The van der Waals surface area contributed by atoms with Gasteiger partial charge in [-0.15, -0.1) is 0 Å². The van der Waals surface area contributed by atoms with E-state index in [0.717, 1.165) is 36.0 Å². The molecule has 21 heavy (non-hydrogen) atoms. The molecule has 0 aliphatic carbocycles. The fourth-order valence-electron chi connectivity index (χ4n) is 2.89. The van der Waals surface area contributed by atoms with Gasteiger partial charge >= 0.3 is 0 Å². The van der Waals surface area contributed by atoms with E-state index in [1.54, 1.807) is 12.1 Å². The molecule has 0 spiro atoms. The van der Waals surface area contributed by atoms with Crippen LogP contribution in [0.15, 0.2) is 22.7 Å². The van der Waals surface area contributed by atoms with E-state index in [9.17, 15) is 4.39 Å². The Bertz CT molecular complexity index is 508. The molecular weight excluding hydrogens is 331 g/mol. The minimum Gasteiger partial charge on any atom is -0.308 e. The van der Waals surface area contributed by atoms with Crippen molar-refractivity contribution >= 4 is 15.9 Å². The number of nitrogens with one attached hydrogen (secondary N) is 1. The van der Waals surface area contributed by atoms with Gasteiger partial charge in [-0.3, -0.25) is 4.90 Å². The quantitative estimate of drug-likeness (QED) is 0.863. The molecule has 0 amide bonds. The van der Waals surface area contributed by atoms with Crippen LogP contribution in [0.1, 0.15) is 46.1 Å². The second-order valence-electron chi connectivity index (χ2n) is 6.71. The molecule has 1 aliphatic heterocycles. The van der Waals surface area contributed by atoms with Crippen molar-refractivity contribution in [1.82, 2.24) is 10.2 Å². The van der Waals surface area contributed by atoms with Crippen LogP contribution in [-0.2, 0) is 6.54 Å². The summed E-state index contributed by atoms with van der Waals surface area (Å²) in [6.07, 6.45) is 2.12. The molecule has 0 saturated carbocycles. The number of hydrogen-bond acceptors (Lipinski definition) is 2. The number of halogens is 2. The van der Waals surface area contributed by atoms with Crippen molar-refractivity contribution < 1.29 is 4.39 Å². The first-order valence-corrected chi connectivity index (χ1v) is 8.55. The Hall–Kier alpha value is -0.450. The second-order valence-corrected chi connectivity index (χ2v) is 7.63. The number of nitrogens with zero attached hydrogens (tertiary/aromatic N) is 1. The SMILES string of the molecule is CCC1(C)CN(Cc2cc(Br)ccc2F)C(C)(CC)CN1.